The molecule has 0 aromatic carbocycles. The maximum atomic E-state index is 12.2. The summed E-state index contributed by atoms with van der Waals surface area (Å²) < 4.78 is 7.92. The van der Waals surface area contributed by atoms with E-state index >= 15 is 0 Å². The fraction of sp³-hybridized carbons (Fsp3) is 0.727. The van der Waals surface area contributed by atoms with E-state index in [0.717, 1.165) is 37.0 Å². The van der Waals surface area contributed by atoms with Gasteiger partial charge in [-0.3, -0.25) is 4.79 Å². The molecule has 0 radical (unpaired) electrons. The highest BCUT2D eigenvalue weighted by Gasteiger charge is 2.24. The van der Waals surface area contributed by atoms with Crippen LogP contribution in [0.2, 0.25) is 0 Å². The number of hydrogen-bond donors (Lipinski definition) is 0. The van der Waals surface area contributed by atoms with Gasteiger partial charge in [-0.25, -0.2) is 0 Å². The highest BCUT2D eigenvalue weighted by Crippen LogP contribution is 2.22. The quantitative estimate of drug-likeness (QED) is 0.846. The number of carbonyl (C=O) groups excluding carboxylic acids is 1. The van der Waals surface area contributed by atoms with Crippen LogP contribution < -0.4 is 0 Å². The molecule has 1 saturated heterocycles. The van der Waals surface area contributed by atoms with Gasteiger partial charge in [-0.2, -0.15) is 20.5 Å². The van der Waals surface area contributed by atoms with Crippen molar-refractivity contribution in [3.63, 3.8) is 0 Å². The average molecular weight is 271 g/mol. The van der Waals surface area contributed by atoms with Gasteiger partial charge in [0, 0.05) is 18.3 Å². The van der Waals surface area contributed by atoms with E-state index in [0.29, 0.717) is 10.9 Å². The molecule has 1 aromatic rings. The third-order valence-corrected chi connectivity index (χ3v) is 4.57. The van der Waals surface area contributed by atoms with Gasteiger partial charge in [0.2, 0.25) is 0 Å². The van der Waals surface area contributed by atoms with E-state index in [-0.39, 0.29) is 5.91 Å². The summed E-state index contributed by atoms with van der Waals surface area (Å²) in [5.41, 5.74) is 0.497. The van der Waals surface area contributed by atoms with E-state index in [2.05, 4.69) is 15.7 Å². The molecule has 1 aromatic heterocycles. The Labute approximate surface area is 110 Å². The molecule has 2 rings (SSSR count). The Morgan fingerprint density at radius 1 is 1.65 bits per heavy atom. The van der Waals surface area contributed by atoms with Crippen molar-refractivity contribution in [1.82, 2.24) is 13.6 Å². The molecule has 0 bridgehead atoms. The molecule has 0 saturated carbocycles. The van der Waals surface area contributed by atoms with Gasteiger partial charge in [-0.15, -0.1) is 0 Å². The molecule has 1 aliphatic rings. The minimum absolute atomic E-state index is 0.0438. The lowest BCUT2D eigenvalue weighted by atomic mass is 10.2. The van der Waals surface area contributed by atoms with Crippen molar-refractivity contribution in [2.24, 2.45) is 0 Å². The summed E-state index contributed by atoms with van der Waals surface area (Å²) in [5.74, 6) is 1.16. The lowest BCUT2D eigenvalue weighted by molar-refractivity contribution is 0.0758. The molecule has 1 atom stereocenters. The van der Waals surface area contributed by atoms with Gasteiger partial charge < -0.3 is 4.90 Å². The van der Waals surface area contributed by atoms with Crippen LogP contribution in [0.15, 0.2) is 6.20 Å². The van der Waals surface area contributed by atoms with Crippen molar-refractivity contribution < 1.29 is 4.79 Å². The number of nitrogens with zero attached hydrogens (tertiary/aromatic N) is 3. The van der Waals surface area contributed by atoms with E-state index < -0.39 is 0 Å². The zero-order chi connectivity index (χ0) is 12.1. The number of carbonyl (C=O) groups is 1. The predicted molar refractivity (Wildman–Crippen MR) is 71.6 cm³/mol. The van der Waals surface area contributed by atoms with Crippen LogP contribution in [-0.2, 0) is 0 Å². The maximum absolute atomic E-state index is 12.2. The van der Waals surface area contributed by atoms with Crippen LogP contribution in [0.25, 0.3) is 0 Å². The molecule has 2 heterocycles. The minimum atomic E-state index is 0.0438. The van der Waals surface area contributed by atoms with E-state index in [4.69, 9.17) is 0 Å². The van der Waals surface area contributed by atoms with Crippen molar-refractivity contribution in [2.75, 3.05) is 18.8 Å². The molecular formula is C11H17N3OS2. The van der Waals surface area contributed by atoms with Crippen molar-refractivity contribution in [3.8, 4) is 0 Å². The highest BCUT2D eigenvalue weighted by molar-refractivity contribution is 7.99. The smallest absolute Gasteiger partial charge is 0.275 e. The Balaban J connectivity index is 2.01. The van der Waals surface area contributed by atoms with E-state index in [1.54, 1.807) is 6.20 Å². The summed E-state index contributed by atoms with van der Waals surface area (Å²) in [6.45, 7) is 3.89. The molecule has 1 aliphatic heterocycles. The Hall–Kier alpha value is -0.620. The van der Waals surface area contributed by atoms with Gasteiger partial charge >= 0.3 is 0 Å². The van der Waals surface area contributed by atoms with Crippen LogP contribution in [0.3, 0.4) is 0 Å². The number of hydrogen-bond acceptors (Lipinski definition) is 5. The largest absolute Gasteiger partial charge is 0.336 e. The van der Waals surface area contributed by atoms with Crippen molar-refractivity contribution in [2.45, 2.75) is 31.4 Å². The fourth-order valence-electron chi connectivity index (χ4n) is 2.08. The minimum Gasteiger partial charge on any atom is -0.336 e. The predicted octanol–water partition coefficient (Wildman–Crippen LogP) is 2.29. The summed E-state index contributed by atoms with van der Waals surface area (Å²) in [7, 11) is 0. The van der Waals surface area contributed by atoms with Crippen LogP contribution in [0.1, 0.15) is 36.7 Å². The third kappa shape index (κ3) is 3.42. The van der Waals surface area contributed by atoms with E-state index in [1.807, 2.05) is 16.7 Å². The van der Waals surface area contributed by atoms with Crippen molar-refractivity contribution >= 4 is 29.4 Å². The third-order valence-electron chi connectivity index (χ3n) is 2.90. The second kappa shape index (κ2) is 6.35. The Morgan fingerprint density at radius 3 is 3.24 bits per heavy atom. The summed E-state index contributed by atoms with van der Waals surface area (Å²) in [4.78, 5) is 14.1. The van der Waals surface area contributed by atoms with Gasteiger partial charge in [0.25, 0.3) is 5.91 Å². The van der Waals surface area contributed by atoms with Crippen LogP contribution in [0.5, 0.6) is 0 Å². The first-order valence-corrected chi connectivity index (χ1v) is 7.77. The number of rotatable bonds is 3. The summed E-state index contributed by atoms with van der Waals surface area (Å²) in [6.07, 6.45) is 5.11. The summed E-state index contributed by atoms with van der Waals surface area (Å²) in [6, 6.07) is 0. The first-order chi connectivity index (χ1) is 8.31. The summed E-state index contributed by atoms with van der Waals surface area (Å²) in [5, 5.41) is 0.582. The number of aromatic nitrogens is 2. The van der Waals surface area contributed by atoms with E-state index in [1.165, 1.54) is 12.8 Å². The lowest BCUT2D eigenvalue weighted by Crippen LogP contribution is -2.35. The molecule has 1 unspecified atom stereocenters. The van der Waals surface area contributed by atoms with Crippen molar-refractivity contribution in [3.05, 3.63) is 11.9 Å². The van der Waals surface area contributed by atoms with E-state index in [9.17, 15) is 4.79 Å². The van der Waals surface area contributed by atoms with Crippen LogP contribution in [-0.4, -0.2) is 43.6 Å². The highest BCUT2D eigenvalue weighted by atomic mass is 32.2. The number of amides is 1. The molecule has 6 heteroatoms. The molecule has 0 aliphatic carbocycles. The first-order valence-electron chi connectivity index (χ1n) is 5.99. The second-order valence-electron chi connectivity index (χ2n) is 4.12. The van der Waals surface area contributed by atoms with Crippen LogP contribution >= 0.6 is 23.5 Å². The van der Waals surface area contributed by atoms with Gasteiger partial charge in [-0.1, -0.05) is 13.3 Å². The average Bonchev–Trinajstić information content (AvgIpc) is 2.76. The first kappa shape index (κ1) is 12.8. The molecule has 17 heavy (non-hydrogen) atoms. The van der Waals surface area contributed by atoms with Gasteiger partial charge in [0.1, 0.15) is 0 Å². The molecule has 4 nitrogen and oxygen atoms in total. The molecule has 1 fully saturated rings. The molecule has 0 N–H and O–H groups in total. The standard InChI is InChI=1S/C11H17N3OS2/c1-2-16-9-5-3-4-6-14(8-9)11(15)10-7-12-17-13-10/h7,9H,2-6,8H2,1H3. The lowest BCUT2D eigenvalue weighted by Gasteiger charge is -2.23. The Bertz CT molecular complexity index is 356. The fourth-order valence-corrected chi connectivity index (χ4v) is 3.58. The zero-order valence-corrected chi connectivity index (χ0v) is 11.6. The topological polar surface area (TPSA) is 46.1 Å². The van der Waals surface area contributed by atoms with Crippen LogP contribution in [0, 0.1) is 0 Å². The second-order valence-corrected chi connectivity index (χ2v) is 6.25. The van der Waals surface area contributed by atoms with Gasteiger partial charge in [-0.05, 0) is 18.6 Å². The van der Waals surface area contributed by atoms with Gasteiger partial charge in [0.15, 0.2) is 5.69 Å². The van der Waals surface area contributed by atoms with Gasteiger partial charge in [0.05, 0.1) is 17.9 Å². The Morgan fingerprint density at radius 2 is 2.53 bits per heavy atom. The normalized spacial score (nSPS) is 21.2. The molecule has 0 spiro atoms. The van der Waals surface area contributed by atoms with Crippen LogP contribution in [0.4, 0.5) is 0 Å². The number of likely N-dealkylation sites (tertiary alicyclic amines) is 1. The molecule has 94 valence electrons. The number of thioether (sulfide) groups is 1. The summed E-state index contributed by atoms with van der Waals surface area (Å²) >= 11 is 3.05. The zero-order valence-electron chi connectivity index (χ0n) is 9.96. The Kier molecular flexibility index (Phi) is 4.79. The van der Waals surface area contributed by atoms with Crippen molar-refractivity contribution in [1.29, 1.82) is 0 Å². The maximum Gasteiger partial charge on any atom is 0.275 e. The monoisotopic (exact) mass is 271 g/mol. The molecule has 1 amide bonds. The molecular weight excluding hydrogens is 254 g/mol. The SMILES string of the molecule is CCSC1CCCCN(C(=O)c2cnsn2)C1.